The molecule has 0 saturated heterocycles. The number of benzene rings is 1. The fraction of sp³-hybridized carbons (Fsp3) is 0.684. The highest BCUT2D eigenvalue weighted by atomic mass is 16.5. The maximum Gasteiger partial charge on any atom is 0.0821 e. The molecule has 0 radical (unpaired) electrons. The van der Waals surface area contributed by atoms with Gasteiger partial charge in [0.05, 0.1) is 6.10 Å². The number of hydrogen-bond acceptors (Lipinski definition) is 1. The van der Waals surface area contributed by atoms with Crippen LogP contribution in [0.5, 0.6) is 0 Å². The molecule has 1 atom stereocenters. The Morgan fingerprint density at radius 3 is 1.90 bits per heavy atom. The van der Waals surface area contributed by atoms with Crippen molar-refractivity contribution in [1.82, 2.24) is 0 Å². The first-order chi connectivity index (χ1) is 9.88. The Balaban J connectivity index is 2.02. The third-order valence-corrected chi connectivity index (χ3v) is 4.03. The lowest BCUT2D eigenvalue weighted by Crippen LogP contribution is -2.01. The van der Waals surface area contributed by atoms with Crippen LogP contribution in [0.2, 0.25) is 0 Å². The van der Waals surface area contributed by atoms with Crippen molar-refractivity contribution in [2.45, 2.75) is 77.2 Å². The van der Waals surface area contributed by atoms with Gasteiger partial charge in [0.25, 0.3) is 0 Å². The molecule has 1 aromatic rings. The number of hydrogen-bond donors (Lipinski definition) is 0. The topological polar surface area (TPSA) is 9.23 Å². The van der Waals surface area contributed by atoms with Crippen LogP contribution in [0.3, 0.4) is 0 Å². The molecule has 1 nitrogen and oxygen atoms in total. The molecule has 1 heteroatoms. The third kappa shape index (κ3) is 7.69. The minimum absolute atomic E-state index is 0.278. The van der Waals surface area contributed by atoms with Gasteiger partial charge in [0, 0.05) is 7.11 Å². The van der Waals surface area contributed by atoms with Crippen LogP contribution in [-0.4, -0.2) is 7.11 Å². The molecule has 0 aromatic heterocycles. The minimum atomic E-state index is 0.278. The van der Waals surface area contributed by atoms with Gasteiger partial charge in [0.1, 0.15) is 0 Å². The maximum atomic E-state index is 5.61. The van der Waals surface area contributed by atoms with Gasteiger partial charge in [-0.25, -0.2) is 0 Å². The predicted octanol–water partition coefficient (Wildman–Crippen LogP) is 6.30. The molecule has 0 bridgehead atoms. The summed E-state index contributed by atoms with van der Waals surface area (Å²) >= 11 is 0. The quantitative estimate of drug-likeness (QED) is 0.407. The zero-order chi connectivity index (χ0) is 14.5. The van der Waals surface area contributed by atoms with Crippen molar-refractivity contribution in [3.8, 4) is 0 Å². The second-order valence-corrected chi connectivity index (χ2v) is 5.75. The monoisotopic (exact) mass is 276 g/mol. The van der Waals surface area contributed by atoms with Crippen LogP contribution in [0.25, 0.3) is 0 Å². The van der Waals surface area contributed by atoms with Gasteiger partial charge in [0.15, 0.2) is 0 Å². The summed E-state index contributed by atoms with van der Waals surface area (Å²) in [4.78, 5) is 0. The van der Waals surface area contributed by atoms with Gasteiger partial charge in [-0.15, -0.1) is 0 Å². The maximum absolute atomic E-state index is 5.61. The fourth-order valence-corrected chi connectivity index (χ4v) is 2.73. The second kappa shape index (κ2) is 12.0. The summed E-state index contributed by atoms with van der Waals surface area (Å²) < 4.78 is 5.61. The van der Waals surface area contributed by atoms with Crippen LogP contribution >= 0.6 is 0 Å². The fourth-order valence-electron chi connectivity index (χ4n) is 2.73. The average molecular weight is 276 g/mol. The van der Waals surface area contributed by atoms with Gasteiger partial charge in [-0.05, 0) is 12.0 Å². The Morgan fingerprint density at radius 2 is 1.35 bits per heavy atom. The van der Waals surface area contributed by atoms with E-state index in [0.717, 1.165) is 6.42 Å². The van der Waals surface area contributed by atoms with E-state index in [1.807, 2.05) is 7.11 Å². The van der Waals surface area contributed by atoms with Crippen molar-refractivity contribution in [1.29, 1.82) is 0 Å². The van der Waals surface area contributed by atoms with Gasteiger partial charge in [-0.2, -0.15) is 0 Å². The normalized spacial score (nSPS) is 12.5. The molecule has 0 aliphatic rings. The summed E-state index contributed by atoms with van der Waals surface area (Å²) in [5.41, 5.74) is 1.31. The van der Waals surface area contributed by atoms with E-state index in [0.29, 0.717) is 0 Å². The Bertz CT molecular complexity index is 307. The molecule has 1 rings (SSSR count). The Labute approximate surface area is 125 Å². The van der Waals surface area contributed by atoms with E-state index in [-0.39, 0.29) is 6.10 Å². The van der Waals surface area contributed by atoms with Crippen LogP contribution in [0, 0.1) is 0 Å². The smallest absolute Gasteiger partial charge is 0.0821 e. The highest BCUT2D eigenvalue weighted by molar-refractivity contribution is 5.17. The van der Waals surface area contributed by atoms with Crippen molar-refractivity contribution in [2.24, 2.45) is 0 Å². The first-order valence-electron chi connectivity index (χ1n) is 8.46. The molecule has 0 N–H and O–H groups in total. The molecule has 1 unspecified atom stereocenters. The van der Waals surface area contributed by atoms with E-state index in [1.165, 1.54) is 63.4 Å². The van der Waals surface area contributed by atoms with Gasteiger partial charge < -0.3 is 4.74 Å². The van der Waals surface area contributed by atoms with E-state index >= 15 is 0 Å². The van der Waals surface area contributed by atoms with Gasteiger partial charge in [-0.1, -0.05) is 95.0 Å². The Kier molecular flexibility index (Phi) is 10.3. The standard InChI is InChI=1S/C19H32O/c1-3-4-5-6-7-8-9-10-14-17-19(20-2)18-15-12-11-13-16-18/h11-13,15-16,19H,3-10,14,17H2,1-2H3. The van der Waals surface area contributed by atoms with Crippen LogP contribution in [0.4, 0.5) is 0 Å². The average Bonchev–Trinajstić information content (AvgIpc) is 2.50. The number of ether oxygens (including phenoxy) is 1. The summed E-state index contributed by atoms with van der Waals surface area (Å²) in [6.07, 6.45) is 13.9. The molecule has 0 aliphatic heterocycles. The highest BCUT2D eigenvalue weighted by Gasteiger charge is 2.08. The lowest BCUT2D eigenvalue weighted by molar-refractivity contribution is 0.0931. The minimum Gasteiger partial charge on any atom is -0.377 e. The van der Waals surface area contributed by atoms with E-state index in [1.54, 1.807) is 0 Å². The highest BCUT2D eigenvalue weighted by Crippen LogP contribution is 2.23. The van der Waals surface area contributed by atoms with Crippen LogP contribution < -0.4 is 0 Å². The van der Waals surface area contributed by atoms with Crippen molar-refractivity contribution in [2.75, 3.05) is 7.11 Å². The number of methoxy groups -OCH3 is 1. The molecule has 1 aromatic carbocycles. The largest absolute Gasteiger partial charge is 0.377 e. The molecule has 114 valence electrons. The van der Waals surface area contributed by atoms with Crippen LogP contribution in [-0.2, 0) is 4.74 Å². The molecule has 0 spiro atoms. The van der Waals surface area contributed by atoms with Crippen molar-refractivity contribution >= 4 is 0 Å². The summed E-state index contributed by atoms with van der Waals surface area (Å²) in [6, 6.07) is 10.6. The SMILES string of the molecule is CCCCCCCCCCCC(OC)c1ccccc1. The van der Waals surface area contributed by atoms with Gasteiger partial charge in [-0.3, -0.25) is 0 Å². The van der Waals surface area contributed by atoms with E-state index in [2.05, 4.69) is 37.3 Å². The molecule has 0 aliphatic carbocycles. The zero-order valence-electron chi connectivity index (χ0n) is 13.4. The first kappa shape index (κ1) is 17.2. The van der Waals surface area contributed by atoms with E-state index in [4.69, 9.17) is 4.74 Å². The number of unbranched alkanes of at least 4 members (excludes halogenated alkanes) is 8. The van der Waals surface area contributed by atoms with Crippen LogP contribution in [0.15, 0.2) is 30.3 Å². The molecular weight excluding hydrogens is 244 g/mol. The summed E-state index contributed by atoms with van der Waals surface area (Å²) in [5.74, 6) is 0. The van der Waals surface area contributed by atoms with E-state index in [9.17, 15) is 0 Å². The molecule has 20 heavy (non-hydrogen) atoms. The van der Waals surface area contributed by atoms with Crippen molar-refractivity contribution in [3.63, 3.8) is 0 Å². The van der Waals surface area contributed by atoms with Gasteiger partial charge >= 0.3 is 0 Å². The second-order valence-electron chi connectivity index (χ2n) is 5.75. The molecule has 0 saturated carbocycles. The lowest BCUT2D eigenvalue weighted by Gasteiger charge is -2.15. The molecule has 0 heterocycles. The Hall–Kier alpha value is -0.820. The van der Waals surface area contributed by atoms with Crippen LogP contribution in [0.1, 0.15) is 82.8 Å². The summed E-state index contributed by atoms with van der Waals surface area (Å²) in [5, 5.41) is 0. The number of rotatable bonds is 12. The summed E-state index contributed by atoms with van der Waals surface area (Å²) in [6.45, 7) is 2.28. The predicted molar refractivity (Wildman–Crippen MR) is 88.0 cm³/mol. The van der Waals surface area contributed by atoms with Crippen molar-refractivity contribution in [3.05, 3.63) is 35.9 Å². The first-order valence-corrected chi connectivity index (χ1v) is 8.46. The summed E-state index contributed by atoms with van der Waals surface area (Å²) in [7, 11) is 1.82. The molecule has 0 amide bonds. The van der Waals surface area contributed by atoms with Gasteiger partial charge in [0.2, 0.25) is 0 Å². The van der Waals surface area contributed by atoms with E-state index < -0.39 is 0 Å². The van der Waals surface area contributed by atoms with Crippen molar-refractivity contribution < 1.29 is 4.74 Å². The molecule has 0 fully saturated rings. The zero-order valence-corrected chi connectivity index (χ0v) is 13.4. The molecular formula is C19H32O. The Morgan fingerprint density at radius 1 is 0.800 bits per heavy atom. The lowest BCUT2D eigenvalue weighted by atomic mass is 10.0. The third-order valence-electron chi connectivity index (χ3n) is 4.03.